The molecule has 0 aromatic carbocycles. The smallest absolute Gasteiger partial charge is 0.258 e. The summed E-state index contributed by atoms with van der Waals surface area (Å²) in [5.74, 6) is 0.548. The fourth-order valence-electron chi connectivity index (χ4n) is 1.17. The van der Waals surface area contributed by atoms with E-state index in [0.717, 1.165) is 6.42 Å². The van der Waals surface area contributed by atoms with Gasteiger partial charge in [-0.25, -0.2) is 4.98 Å². The van der Waals surface area contributed by atoms with Crippen LogP contribution in [0.4, 0.5) is 5.82 Å². The lowest BCUT2D eigenvalue weighted by Crippen LogP contribution is -2.44. The van der Waals surface area contributed by atoms with Gasteiger partial charge in [0.25, 0.3) is 5.91 Å². The van der Waals surface area contributed by atoms with Crippen LogP contribution in [0, 0.1) is 0 Å². The Morgan fingerprint density at radius 1 is 1.59 bits per heavy atom. The number of pyridine rings is 1. The molecule has 1 rings (SSSR count). The van der Waals surface area contributed by atoms with Gasteiger partial charge in [-0.3, -0.25) is 4.79 Å². The molecule has 5 heteroatoms. The van der Waals surface area contributed by atoms with Crippen LogP contribution in [0.2, 0.25) is 0 Å². The first-order valence-electron chi connectivity index (χ1n) is 5.59. The number of ether oxygens (including phenoxy) is 1. The van der Waals surface area contributed by atoms with Gasteiger partial charge in [-0.05, 0) is 32.4 Å². The number of nitrogen functional groups attached to an aromatic ring is 1. The third-order valence-electron chi connectivity index (χ3n) is 2.52. The van der Waals surface area contributed by atoms with Crippen LogP contribution in [0.15, 0.2) is 18.3 Å². The Morgan fingerprint density at radius 3 is 2.88 bits per heavy atom. The van der Waals surface area contributed by atoms with Crippen LogP contribution in [-0.4, -0.2) is 23.0 Å². The summed E-state index contributed by atoms with van der Waals surface area (Å²) in [4.78, 5) is 15.5. The number of nitrogens with one attached hydrogen (secondary N) is 1. The molecule has 1 amide bonds. The van der Waals surface area contributed by atoms with Gasteiger partial charge in [-0.1, -0.05) is 6.92 Å². The molecular weight excluding hydrogens is 218 g/mol. The minimum absolute atomic E-state index is 0.0562. The van der Waals surface area contributed by atoms with E-state index in [1.54, 1.807) is 18.3 Å². The summed E-state index contributed by atoms with van der Waals surface area (Å²) in [6.45, 7) is 5.88. The summed E-state index contributed by atoms with van der Waals surface area (Å²) in [5, 5.41) is 2.87. The van der Waals surface area contributed by atoms with Gasteiger partial charge >= 0.3 is 0 Å². The van der Waals surface area contributed by atoms with E-state index in [-0.39, 0.29) is 23.9 Å². The van der Waals surface area contributed by atoms with Gasteiger partial charge < -0.3 is 15.8 Å². The van der Waals surface area contributed by atoms with Crippen molar-refractivity contribution in [2.75, 3.05) is 12.3 Å². The van der Waals surface area contributed by atoms with Crippen molar-refractivity contribution >= 4 is 11.7 Å². The predicted molar refractivity (Wildman–Crippen MR) is 66.7 cm³/mol. The molecule has 0 aliphatic rings. The second kappa shape index (κ2) is 5.52. The van der Waals surface area contributed by atoms with Crippen molar-refractivity contribution < 1.29 is 9.53 Å². The maximum atomic E-state index is 11.6. The Morgan fingerprint density at radius 2 is 2.29 bits per heavy atom. The first kappa shape index (κ1) is 13.3. The van der Waals surface area contributed by atoms with E-state index in [2.05, 4.69) is 10.3 Å². The topological polar surface area (TPSA) is 77.2 Å². The SMILES string of the molecule is CCC(C)(C)NC(=O)COc1cccnc1N. The molecule has 0 spiro atoms. The lowest BCUT2D eigenvalue weighted by atomic mass is 10.0. The zero-order valence-corrected chi connectivity index (χ0v) is 10.5. The zero-order valence-electron chi connectivity index (χ0n) is 10.5. The number of hydrogen-bond donors (Lipinski definition) is 2. The van der Waals surface area contributed by atoms with E-state index in [0.29, 0.717) is 5.75 Å². The maximum absolute atomic E-state index is 11.6. The molecule has 0 saturated heterocycles. The summed E-state index contributed by atoms with van der Waals surface area (Å²) in [7, 11) is 0. The van der Waals surface area contributed by atoms with Crippen molar-refractivity contribution in [3.05, 3.63) is 18.3 Å². The molecule has 3 N–H and O–H groups in total. The largest absolute Gasteiger partial charge is 0.480 e. The molecule has 17 heavy (non-hydrogen) atoms. The van der Waals surface area contributed by atoms with Crippen molar-refractivity contribution in [2.24, 2.45) is 0 Å². The maximum Gasteiger partial charge on any atom is 0.258 e. The molecule has 1 heterocycles. The van der Waals surface area contributed by atoms with E-state index >= 15 is 0 Å². The van der Waals surface area contributed by atoms with E-state index in [9.17, 15) is 4.79 Å². The average Bonchev–Trinajstić information content (AvgIpc) is 2.27. The van der Waals surface area contributed by atoms with Crippen LogP contribution in [0.1, 0.15) is 27.2 Å². The van der Waals surface area contributed by atoms with Crippen molar-refractivity contribution in [2.45, 2.75) is 32.7 Å². The second-order valence-electron chi connectivity index (χ2n) is 4.46. The highest BCUT2D eigenvalue weighted by atomic mass is 16.5. The van der Waals surface area contributed by atoms with Gasteiger partial charge in [0.1, 0.15) is 0 Å². The van der Waals surface area contributed by atoms with Crippen LogP contribution in [-0.2, 0) is 4.79 Å². The molecule has 94 valence electrons. The number of nitrogens with zero attached hydrogens (tertiary/aromatic N) is 1. The molecule has 1 aromatic heterocycles. The molecule has 0 fully saturated rings. The van der Waals surface area contributed by atoms with E-state index in [4.69, 9.17) is 10.5 Å². The number of amides is 1. The van der Waals surface area contributed by atoms with Crippen LogP contribution >= 0.6 is 0 Å². The number of nitrogens with two attached hydrogens (primary N) is 1. The minimum atomic E-state index is -0.221. The standard InChI is InChI=1S/C12H19N3O2/c1-4-12(2,3)15-10(16)8-17-9-6-5-7-14-11(9)13/h5-7H,4,8H2,1-3H3,(H2,13,14)(H,15,16). The van der Waals surface area contributed by atoms with Crippen molar-refractivity contribution in [3.63, 3.8) is 0 Å². The molecule has 0 atom stereocenters. The normalized spacial score (nSPS) is 11.0. The van der Waals surface area contributed by atoms with Gasteiger partial charge in [0, 0.05) is 11.7 Å². The third kappa shape index (κ3) is 4.30. The fraction of sp³-hybridized carbons (Fsp3) is 0.500. The molecule has 0 bridgehead atoms. The molecular formula is C12H19N3O2. The Balaban J connectivity index is 2.47. The average molecular weight is 237 g/mol. The molecule has 0 radical (unpaired) electrons. The molecule has 0 unspecified atom stereocenters. The second-order valence-corrected chi connectivity index (χ2v) is 4.46. The van der Waals surface area contributed by atoms with E-state index in [1.165, 1.54) is 0 Å². The predicted octanol–water partition coefficient (Wildman–Crippen LogP) is 1.35. The minimum Gasteiger partial charge on any atom is -0.480 e. The fourth-order valence-corrected chi connectivity index (χ4v) is 1.17. The number of hydrogen-bond acceptors (Lipinski definition) is 4. The molecule has 0 saturated carbocycles. The lowest BCUT2D eigenvalue weighted by Gasteiger charge is -2.24. The highest BCUT2D eigenvalue weighted by molar-refractivity contribution is 5.78. The Bertz CT molecular complexity index is 391. The monoisotopic (exact) mass is 237 g/mol. The summed E-state index contributed by atoms with van der Waals surface area (Å²) < 4.78 is 5.29. The van der Waals surface area contributed by atoms with Gasteiger partial charge in [0.05, 0.1) is 0 Å². The summed E-state index contributed by atoms with van der Waals surface area (Å²) in [6.07, 6.45) is 2.43. The van der Waals surface area contributed by atoms with Gasteiger partial charge in [-0.2, -0.15) is 0 Å². The number of carbonyl (C=O) groups is 1. The van der Waals surface area contributed by atoms with Crippen LogP contribution in [0.3, 0.4) is 0 Å². The highest BCUT2D eigenvalue weighted by Crippen LogP contribution is 2.16. The van der Waals surface area contributed by atoms with Crippen LogP contribution < -0.4 is 15.8 Å². The molecule has 5 nitrogen and oxygen atoms in total. The Hall–Kier alpha value is -1.78. The highest BCUT2D eigenvalue weighted by Gasteiger charge is 2.18. The Kier molecular flexibility index (Phi) is 4.31. The summed E-state index contributed by atoms with van der Waals surface area (Å²) >= 11 is 0. The number of aromatic nitrogens is 1. The number of anilines is 1. The van der Waals surface area contributed by atoms with Gasteiger partial charge in [0.15, 0.2) is 18.2 Å². The van der Waals surface area contributed by atoms with Crippen LogP contribution in [0.25, 0.3) is 0 Å². The third-order valence-corrected chi connectivity index (χ3v) is 2.52. The van der Waals surface area contributed by atoms with Gasteiger partial charge in [0.2, 0.25) is 0 Å². The molecule has 0 aliphatic carbocycles. The lowest BCUT2D eigenvalue weighted by molar-refractivity contribution is -0.124. The van der Waals surface area contributed by atoms with Crippen LogP contribution in [0.5, 0.6) is 5.75 Å². The Labute approximate surface area is 101 Å². The zero-order chi connectivity index (χ0) is 12.9. The summed E-state index contributed by atoms with van der Waals surface area (Å²) in [5.41, 5.74) is 5.37. The first-order valence-corrected chi connectivity index (χ1v) is 5.59. The van der Waals surface area contributed by atoms with E-state index < -0.39 is 0 Å². The summed E-state index contributed by atoms with van der Waals surface area (Å²) in [6, 6.07) is 3.39. The molecule has 0 aliphatic heterocycles. The molecule has 1 aromatic rings. The van der Waals surface area contributed by atoms with E-state index in [1.807, 2.05) is 20.8 Å². The van der Waals surface area contributed by atoms with Crippen molar-refractivity contribution in [1.29, 1.82) is 0 Å². The van der Waals surface area contributed by atoms with Crippen molar-refractivity contribution in [3.8, 4) is 5.75 Å². The first-order chi connectivity index (χ1) is 7.94. The quantitative estimate of drug-likeness (QED) is 0.810. The van der Waals surface area contributed by atoms with Crippen molar-refractivity contribution in [1.82, 2.24) is 10.3 Å². The number of carbonyl (C=O) groups excluding carboxylic acids is 1. The number of rotatable bonds is 5. The van der Waals surface area contributed by atoms with Gasteiger partial charge in [-0.15, -0.1) is 0 Å².